The lowest BCUT2D eigenvalue weighted by Crippen LogP contribution is -2.34. The molecule has 0 bridgehead atoms. The van der Waals surface area contributed by atoms with Crippen molar-refractivity contribution in [3.8, 4) is 5.75 Å². The molecule has 2 N–H and O–H groups in total. The zero-order valence-corrected chi connectivity index (χ0v) is 16.0. The fraction of sp³-hybridized carbons (Fsp3) is 0.286. The molecule has 0 aliphatic rings. The lowest BCUT2D eigenvalue weighted by molar-refractivity contribution is -0.123. The highest BCUT2D eigenvalue weighted by atomic mass is 16.5. The van der Waals surface area contributed by atoms with Crippen LogP contribution in [0.25, 0.3) is 0 Å². The third kappa shape index (κ3) is 5.41. The van der Waals surface area contributed by atoms with E-state index in [2.05, 4.69) is 10.6 Å². The minimum atomic E-state index is -0.328. The molecule has 0 heterocycles. The van der Waals surface area contributed by atoms with E-state index in [-0.39, 0.29) is 30.6 Å². The molecule has 142 valence electrons. The average molecular weight is 368 g/mol. The number of methoxy groups -OCH3 is 1. The van der Waals surface area contributed by atoms with Crippen LogP contribution in [0.15, 0.2) is 36.4 Å². The normalized spacial score (nSPS) is 10.2. The molecule has 0 fully saturated rings. The maximum atomic E-state index is 12.2. The molecule has 2 aromatic rings. The van der Waals surface area contributed by atoms with Crippen LogP contribution in [0.4, 0.5) is 5.69 Å². The van der Waals surface area contributed by atoms with Crippen LogP contribution in [0, 0.1) is 13.8 Å². The SMILES string of the molecule is COc1ccc(C(C)=O)cc1CC(=O)NCC(=O)Nc1c(C)cccc1C. The molecule has 0 aromatic heterocycles. The summed E-state index contributed by atoms with van der Waals surface area (Å²) in [5.74, 6) is -0.196. The molecule has 2 amide bonds. The van der Waals surface area contributed by atoms with Gasteiger partial charge in [0, 0.05) is 16.8 Å². The van der Waals surface area contributed by atoms with E-state index in [1.807, 2.05) is 32.0 Å². The first kappa shape index (κ1) is 20.2. The molecule has 0 spiro atoms. The molecule has 0 aliphatic carbocycles. The van der Waals surface area contributed by atoms with Gasteiger partial charge in [-0.05, 0) is 50.1 Å². The van der Waals surface area contributed by atoms with Crippen LogP contribution in [0.1, 0.15) is 34.0 Å². The summed E-state index contributed by atoms with van der Waals surface area (Å²) < 4.78 is 5.24. The van der Waals surface area contributed by atoms with Gasteiger partial charge in [0.1, 0.15) is 5.75 Å². The Morgan fingerprint density at radius 1 is 1.00 bits per heavy atom. The maximum Gasteiger partial charge on any atom is 0.243 e. The molecule has 0 saturated heterocycles. The lowest BCUT2D eigenvalue weighted by Gasteiger charge is -2.13. The Kier molecular flexibility index (Phi) is 6.71. The van der Waals surface area contributed by atoms with Crippen molar-refractivity contribution in [3.63, 3.8) is 0 Å². The van der Waals surface area contributed by atoms with E-state index >= 15 is 0 Å². The van der Waals surface area contributed by atoms with Gasteiger partial charge in [-0.2, -0.15) is 0 Å². The highest BCUT2D eigenvalue weighted by Gasteiger charge is 2.13. The Hall–Kier alpha value is -3.15. The Balaban J connectivity index is 1.97. The van der Waals surface area contributed by atoms with E-state index in [1.165, 1.54) is 14.0 Å². The number of hydrogen-bond acceptors (Lipinski definition) is 4. The van der Waals surface area contributed by atoms with Gasteiger partial charge in [0.25, 0.3) is 0 Å². The number of para-hydroxylation sites is 1. The highest BCUT2D eigenvalue weighted by Crippen LogP contribution is 2.21. The lowest BCUT2D eigenvalue weighted by atomic mass is 10.0. The third-order valence-electron chi connectivity index (χ3n) is 4.23. The number of carbonyl (C=O) groups excluding carboxylic acids is 3. The van der Waals surface area contributed by atoms with Crippen molar-refractivity contribution in [2.75, 3.05) is 19.0 Å². The first-order valence-electron chi connectivity index (χ1n) is 8.62. The van der Waals surface area contributed by atoms with Crippen LogP contribution in [0.3, 0.4) is 0 Å². The minimum absolute atomic E-state index is 0.0148. The number of benzene rings is 2. The molecular formula is C21H24N2O4. The summed E-state index contributed by atoms with van der Waals surface area (Å²) in [5, 5.41) is 5.42. The fourth-order valence-electron chi connectivity index (χ4n) is 2.75. The smallest absolute Gasteiger partial charge is 0.243 e. The number of nitrogens with one attached hydrogen (secondary N) is 2. The first-order chi connectivity index (χ1) is 12.8. The van der Waals surface area contributed by atoms with Crippen molar-refractivity contribution in [3.05, 3.63) is 58.7 Å². The molecule has 0 unspecified atom stereocenters. The monoisotopic (exact) mass is 368 g/mol. The van der Waals surface area contributed by atoms with Gasteiger partial charge in [0.2, 0.25) is 11.8 Å². The summed E-state index contributed by atoms with van der Waals surface area (Å²) >= 11 is 0. The van der Waals surface area contributed by atoms with Crippen LogP contribution in [0.2, 0.25) is 0 Å². The number of carbonyl (C=O) groups is 3. The molecule has 0 saturated carbocycles. The summed E-state index contributed by atoms with van der Waals surface area (Å²) in [6, 6.07) is 10.7. The topological polar surface area (TPSA) is 84.5 Å². The number of Topliss-reactive ketones (excluding diaryl/α,β-unsaturated/α-hetero) is 1. The van der Waals surface area contributed by atoms with E-state index in [0.717, 1.165) is 16.8 Å². The Morgan fingerprint density at radius 3 is 2.26 bits per heavy atom. The van der Waals surface area contributed by atoms with Gasteiger partial charge in [-0.25, -0.2) is 0 Å². The van der Waals surface area contributed by atoms with Crippen molar-refractivity contribution in [2.45, 2.75) is 27.2 Å². The summed E-state index contributed by atoms with van der Waals surface area (Å²) in [7, 11) is 1.50. The molecule has 0 aliphatic heterocycles. The number of amides is 2. The molecule has 6 nitrogen and oxygen atoms in total. The third-order valence-corrected chi connectivity index (χ3v) is 4.23. The number of rotatable bonds is 7. The van der Waals surface area contributed by atoms with Gasteiger partial charge in [-0.3, -0.25) is 14.4 Å². The van der Waals surface area contributed by atoms with Gasteiger partial charge in [0.05, 0.1) is 20.1 Å². The van der Waals surface area contributed by atoms with Crippen LogP contribution < -0.4 is 15.4 Å². The summed E-state index contributed by atoms with van der Waals surface area (Å²) in [5.41, 5.74) is 3.78. The van der Waals surface area contributed by atoms with Crippen molar-refractivity contribution >= 4 is 23.3 Å². The standard InChI is InChI=1S/C21H24N2O4/c1-13-6-5-7-14(2)21(13)23-20(26)12-22-19(25)11-17-10-16(15(3)24)8-9-18(17)27-4/h5-10H,11-12H2,1-4H3,(H,22,25)(H,23,26). The summed E-state index contributed by atoms with van der Waals surface area (Å²) in [6.45, 7) is 5.15. The predicted octanol–water partition coefficient (Wildman–Crippen LogP) is 2.81. The van der Waals surface area contributed by atoms with Crippen molar-refractivity contribution < 1.29 is 19.1 Å². The Bertz CT molecular complexity index is 854. The number of anilines is 1. The van der Waals surface area contributed by atoms with Crippen LogP contribution in [-0.4, -0.2) is 31.3 Å². The van der Waals surface area contributed by atoms with E-state index < -0.39 is 0 Å². The van der Waals surface area contributed by atoms with Gasteiger partial charge in [-0.15, -0.1) is 0 Å². The van der Waals surface area contributed by atoms with Crippen LogP contribution >= 0.6 is 0 Å². The average Bonchev–Trinajstić information content (AvgIpc) is 2.63. The maximum absolute atomic E-state index is 12.2. The molecular weight excluding hydrogens is 344 g/mol. The molecule has 2 rings (SSSR count). The summed E-state index contributed by atoms with van der Waals surface area (Å²) in [6.07, 6.45) is 0.0148. The quantitative estimate of drug-likeness (QED) is 0.736. The molecule has 2 aromatic carbocycles. The second-order valence-electron chi connectivity index (χ2n) is 6.35. The van der Waals surface area contributed by atoms with Gasteiger partial charge < -0.3 is 15.4 Å². The van der Waals surface area contributed by atoms with Gasteiger partial charge >= 0.3 is 0 Å². The molecule has 6 heteroatoms. The Morgan fingerprint density at radius 2 is 1.67 bits per heavy atom. The Labute approximate surface area is 158 Å². The zero-order chi connectivity index (χ0) is 20.0. The first-order valence-corrected chi connectivity index (χ1v) is 8.62. The second-order valence-corrected chi connectivity index (χ2v) is 6.35. The molecule has 0 atom stereocenters. The summed E-state index contributed by atoms with van der Waals surface area (Å²) in [4.78, 5) is 35.9. The largest absolute Gasteiger partial charge is 0.496 e. The molecule has 0 radical (unpaired) electrons. The van der Waals surface area contributed by atoms with E-state index in [9.17, 15) is 14.4 Å². The highest BCUT2D eigenvalue weighted by molar-refractivity contribution is 5.96. The van der Waals surface area contributed by atoms with E-state index in [0.29, 0.717) is 16.9 Å². The number of ketones is 1. The van der Waals surface area contributed by atoms with Crippen molar-refractivity contribution in [1.29, 1.82) is 0 Å². The van der Waals surface area contributed by atoms with Crippen molar-refractivity contribution in [1.82, 2.24) is 5.32 Å². The van der Waals surface area contributed by atoms with Gasteiger partial charge in [0.15, 0.2) is 5.78 Å². The van der Waals surface area contributed by atoms with Crippen molar-refractivity contribution in [2.24, 2.45) is 0 Å². The van der Waals surface area contributed by atoms with E-state index in [1.54, 1.807) is 18.2 Å². The van der Waals surface area contributed by atoms with Gasteiger partial charge in [-0.1, -0.05) is 18.2 Å². The molecule has 27 heavy (non-hydrogen) atoms. The minimum Gasteiger partial charge on any atom is -0.496 e. The zero-order valence-electron chi connectivity index (χ0n) is 16.0. The van der Waals surface area contributed by atoms with Crippen LogP contribution in [0.5, 0.6) is 5.75 Å². The predicted molar refractivity (Wildman–Crippen MR) is 104 cm³/mol. The van der Waals surface area contributed by atoms with E-state index in [4.69, 9.17) is 4.74 Å². The fourth-order valence-corrected chi connectivity index (χ4v) is 2.75. The number of ether oxygens (including phenoxy) is 1. The number of aryl methyl sites for hydroxylation is 2. The van der Waals surface area contributed by atoms with Crippen LogP contribution in [-0.2, 0) is 16.0 Å². The second kappa shape index (κ2) is 8.98. The number of hydrogen-bond donors (Lipinski definition) is 2.